The Hall–Kier alpha value is -1.76. The summed E-state index contributed by atoms with van der Waals surface area (Å²) in [6.07, 6.45) is 0. The number of thioether (sulfide) groups is 1. The fraction of sp³-hybridized carbons (Fsp3) is 0.100. The van der Waals surface area contributed by atoms with Crippen molar-refractivity contribution < 1.29 is 13.6 Å². The third-order valence-corrected chi connectivity index (χ3v) is 3.23. The second-order valence-corrected chi connectivity index (χ2v) is 4.38. The van der Waals surface area contributed by atoms with Crippen LogP contribution in [0.15, 0.2) is 23.4 Å². The monoisotopic (exact) mass is 253 g/mol. The first-order chi connectivity index (χ1) is 8.15. The molecule has 0 aliphatic carbocycles. The first kappa shape index (κ1) is 10.4. The summed E-state index contributed by atoms with van der Waals surface area (Å²) in [6.45, 7) is 0. The van der Waals surface area contributed by atoms with Gasteiger partial charge in [0.05, 0.1) is 5.75 Å². The minimum Gasteiger partial charge on any atom is -0.271 e. The van der Waals surface area contributed by atoms with Gasteiger partial charge in [-0.15, -0.1) is 5.10 Å². The molecule has 2 aromatic rings. The molecule has 2 heterocycles. The zero-order valence-corrected chi connectivity index (χ0v) is 9.17. The van der Waals surface area contributed by atoms with Gasteiger partial charge in [-0.3, -0.25) is 4.79 Å². The predicted molar refractivity (Wildman–Crippen MR) is 56.7 cm³/mol. The van der Waals surface area contributed by atoms with E-state index >= 15 is 0 Å². The van der Waals surface area contributed by atoms with E-state index in [1.165, 1.54) is 22.5 Å². The third kappa shape index (κ3) is 1.62. The highest BCUT2D eigenvalue weighted by molar-refractivity contribution is 8.00. The summed E-state index contributed by atoms with van der Waals surface area (Å²) in [5.74, 6) is -1.51. The van der Waals surface area contributed by atoms with Crippen molar-refractivity contribution in [3.8, 4) is 11.4 Å². The van der Waals surface area contributed by atoms with E-state index < -0.39 is 11.6 Å². The number of hydrogen-bond acceptors (Lipinski definition) is 4. The van der Waals surface area contributed by atoms with E-state index in [2.05, 4.69) is 10.1 Å². The SMILES string of the molecule is O=C1CSc2nc(-c3ccc(F)c(F)c3)nn21. The van der Waals surface area contributed by atoms with Crippen LogP contribution < -0.4 is 0 Å². The second kappa shape index (κ2) is 3.63. The smallest absolute Gasteiger partial charge is 0.259 e. The molecular formula is C10H5F2N3OS. The van der Waals surface area contributed by atoms with Gasteiger partial charge in [-0.2, -0.15) is 4.68 Å². The second-order valence-electron chi connectivity index (χ2n) is 3.44. The number of halogens is 2. The normalized spacial score (nSPS) is 14.1. The summed E-state index contributed by atoms with van der Waals surface area (Å²) in [6, 6.07) is 3.39. The van der Waals surface area contributed by atoms with E-state index in [-0.39, 0.29) is 11.7 Å². The van der Waals surface area contributed by atoms with Crippen molar-refractivity contribution in [2.45, 2.75) is 5.16 Å². The van der Waals surface area contributed by atoms with Gasteiger partial charge in [0.1, 0.15) is 0 Å². The van der Waals surface area contributed by atoms with Crippen LogP contribution in [0.3, 0.4) is 0 Å². The van der Waals surface area contributed by atoms with Crippen molar-refractivity contribution in [1.82, 2.24) is 14.8 Å². The van der Waals surface area contributed by atoms with E-state index in [1.807, 2.05) is 0 Å². The molecule has 0 fully saturated rings. The number of carbonyl (C=O) groups excluding carboxylic acids is 1. The maximum Gasteiger partial charge on any atom is 0.259 e. The highest BCUT2D eigenvalue weighted by Crippen LogP contribution is 2.27. The molecule has 0 spiro atoms. The molecule has 7 heteroatoms. The molecule has 0 unspecified atom stereocenters. The largest absolute Gasteiger partial charge is 0.271 e. The lowest BCUT2D eigenvalue weighted by Gasteiger charge is -1.96. The van der Waals surface area contributed by atoms with E-state index in [0.29, 0.717) is 16.5 Å². The Bertz CT molecular complexity index is 626. The van der Waals surface area contributed by atoms with Crippen molar-refractivity contribution in [2.75, 3.05) is 5.75 Å². The van der Waals surface area contributed by atoms with E-state index in [1.54, 1.807) is 0 Å². The fourth-order valence-electron chi connectivity index (χ4n) is 1.50. The van der Waals surface area contributed by atoms with E-state index in [9.17, 15) is 13.6 Å². The van der Waals surface area contributed by atoms with Gasteiger partial charge in [0.2, 0.25) is 0 Å². The van der Waals surface area contributed by atoms with Crippen molar-refractivity contribution in [3.05, 3.63) is 29.8 Å². The van der Waals surface area contributed by atoms with Gasteiger partial charge in [0.25, 0.3) is 5.91 Å². The third-order valence-electron chi connectivity index (χ3n) is 2.32. The Balaban J connectivity index is 2.07. The first-order valence-electron chi connectivity index (χ1n) is 4.73. The highest BCUT2D eigenvalue weighted by atomic mass is 32.2. The highest BCUT2D eigenvalue weighted by Gasteiger charge is 2.24. The van der Waals surface area contributed by atoms with Crippen LogP contribution >= 0.6 is 11.8 Å². The van der Waals surface area contributed by atoms with Crippen molar-refractivity contribution >= 4 is 17.7 Å². The van der Waals surface area contributed by atoms with Gasteiger partial charge in [-0.05, 0) is 18.2 Å². The summed E-state index contributed by atoms with van der Waals surface area (Å²) in [7, 11) is 0. The number of carbonyl (C=O) groups is 1. The Morgan fingerprint density at radius 3 is 2.82 bits per heavy atom. The lowest BCUT2D eigenvalue weighted by Crippen LogP contribution is -2.08. The molecule has 0 N–H and O–H groups in total. The lowest BCUT2D eigenvalue weighted by molar-refractivity contribution is 0.0923. The number of hydrogen-bond donors (Lipinski definition) is 0. The average molecular weight is 253 g/mol. The predicted octanol–water partition coefficient (Wildman–Crippen LogP) is 1.97. The minimum atomic E-state index is -0.962. The van der Waals surface area contributed by atoms with Crippen LogP contribution in [0.1, 0.15) is 4.79 Å². The van der Waals surface area contributed by atoms with E-state index in [0.717, 1.165) is 12.1 Å². The molecule has 0 saturated carbocycles. The molecule has 17 heavy (non-hydrogen) atoms. The Morgan fingerprint density at radius 2 is 2.12 bits per heavy atom. The van der Waals surface area contributed by atoms with Crippen LogP contribution in [-0.4, -0.2) is 26.4 Å². The van der Waals surface area contributed by atoms with Crippen LogP contribution in [0.5, 0.6) is 0 Å². The molecule has 0 bridgehead atoms. The van der Waals surface area contributed by atoms with Gasteiger partial charge in [-0.1, -0.05) is 11.8 Å². The Morgan fingerprint density at radius 1 is 1.29 bits per heavy atom. The lowest BCUT2D eigenvalue weighted by atomic mass is 10.2. The topological polar surface area (TPSA) is 47.8 Å². The van der Waals surface area contributed by atoms with Gasteiger partial charge in [-0.25, -0.2) is 13.8 Å². The number of rotatable bonds is 1. The molecule has 0 atom stereocenters. The van der Waals surface area contributed by atoms with Crippen molar-refractivity contribution in [1.29, 1.82) is 0 Å². The van der Waals surface area contributed by atoms with Gasteiger partial charge in [0.15, 0.2) is 22.6 Å². The first-order valence-corrected chi connectivity index (χ1v) is 5.72. The summed E-state index contributed by atoms with van der Waals surface area (Å²) in [4.78, 5) is 15.4. The molecule has 1 aromatic carbocycles. The van der Waals surface area contributed by atoms with Crippen LogP contribution in [-0.2, 0) is 0 Å². The van der Waals surface area contributed by atoms with Crippen LogP contribution in [0.4, 0.5) is 8.78 Å². The molecule has 0 amide bonds. The van der Waals surface area contributed by atoms with Gasteiger partial charge in [0, 0.05) is 5.56 Å². The number of fused-ring (bicyclic) bond motifs is 1. The number of benzene rings is 1. The standard InChI is InChI=1S/C10H5F2N3OS/c11-6-2-1-5(3-7(6)12)9-13-10-15(14-9)8(16)4-17-10/h1-3H,4H2. The van der Waals surface area contributed by atoms with Crippen molar-refractivity contribution in [3.63, 3.8) is 0 Å². The summed E-state index contributed by atoms with van der Waals surface area (Å²) < 4.78 is 27.0. The summed E-state index contributed by atoms with van der Waals surface area (Å²) in [5, 5.41) is 4.44. The molecule has 1 aliphatic heterocycles. The van der Waals surface area contributed by atoms with Crippen LogP contribution in [0.2, 0.25) is 0 Å². The molecule has 86 valence electrons. The minimum absolute atomic E-state index is 0.161. The van der Waals surface area contributed by atoms with Crippen LogP contribution in [0, 0.1) is 11.6 Å². The molecule has 0 saturated heterocycles. The quantitative estimate of drug-likeness (QED) is 0.779. The van der Waals surface area contributed by atoms with Crippen molar-refractivity contribution in [2.24, 2.45) is 0 Å². The molecular weight excluding hydrogens is 248 g/mol. The fourth-order valence-corrected chi connectivity index (χ4v) is 2.29. The molecule has 0 radical (unpaired) electrons. The zero-order valence-electron chi connectivity index (χ0n) is 8.35. The maximum atomic E-state index is 13.0. The molecule has 1 aliphatic rings. The zero-order chi connectivity index (χ0) is 12.0. The van der Waals surface area contributed by atoms with E-state index in [4.69, 9.17) is 0 Å². The molecule has 3 rings (SSSR count). The molecule has 4 nitrogen and oxygen atoms in total. The number of aromatic nitrogens is 3. The summed E-state index contributed by atoms with van der Waals surface area (Å²) in [5.41, 5.74) is 0.346. The van der Waals surface area contributed by atoms with Gasteiger partial charge < -0.3 is 0 Å². The van der Waals surface area contributed by atoms with Crippen LogP contribution in [0.25, 0.3) is 11.4 Å². The maximum absolute atomic E-state index is 13.0. The summed E-state index contributed by atoms with van der Waals surface area (Å²) >= 11 is 1.27. The average Bonchev–Trinajstić information content (AvgIpc) is 2.86. The Kier molecular flexibility index (Phi) is 2.22. The van der Waals surface area contributed by atoms with Gasteiger partial charge >= 0.3 is 0 Å². The Labute approximate surface area is 98.7 Å². The molecule has 1 aromatic heterocycles. The number of nitrogens with zero attached hydrogens (tertiary/aromatic N) is 3.